The zero-order valence-electron chi connectivity index (χ0n) is 6.32. The van der Waals surface area contributed by atoms with Crippen LogP contribution in [0.1, 0.15) is 0 Å². The van der Waals surface area contributed by atoms with Crippen molar-refractivity contribution in [1.29, 1.82) is 0 Å². The fourth-order valence-electron chi connectivity index (χ4n) is 1.05. The number of rotatable bonds is 0. The van der Waals surface area contributed by atoms with Crippen molar-refractivity contribution in [3.8, 4) is 0 Å². The summed E-state index contributed by atoms with van der Waals surface area (Å²) in [4.78, 5) is 4.03. The second kappa shape index (κ2) is 2.31. The van der Waals surface area contributed by atoms with Gasteiger partial charge in [-0.3, -0.25) is 0 Å². The first-order valence-corrected chi connectivity index (χ1v) is 3.66. The number of fused-ring (bicyclic) bond motifs is 1. The number of aryl methyl sites for hydroxylation is 1. The van der Waals surface area contributed by atoms with Gasteiger partial charge in [-0.15, -0.1) is 10.2 Å². The van der Waals surface area contributed by atoms with Crippen molar-refractivity contribution in [2.24, 2.45) is 7.05 Å². The van der Waals surface area contributed by atoms with E-state index in [9.17, 15) is 0 Å². The molecule has 5 nitrogen and oxygen atoms in total. The Hall–Kier alpha value is -1.36. The molecule has 0 spiro atoms. The number of hydrogen-bond acceptors (Lipinski definition) is 4. The van der Waals surface area contributed by atoms with E-state index in [4.69, 9.17) is 17.3 Å². The van der Waals surface area contributed by atoms with Crippen LogP contribution in [0.25, 0.3) is 11.0 Å². The van der Waals surface area contributed by atoms with Crippen molar-refractivity contribution in [3.05, 3.63) is 11.5 Å². The van der Waals surface area contributed by atoms with Crippen LogP contribution in [0.15, 0.2) is 6.33 Å². The molecular formula is C6H6ClN5. The molecule has 0 aliphatic rings. The van der Waals surface area contributed by atoms with Crippen molar-refractivity contribution >= 4 is 28.5 Å². The molecule has 0 atom stereocenters. The maximum Gasteiger partial charge on any atom is 0.177 e. The minimum atomic E-state index is 0.301. The Labute approximate surface area is 73.2 Å². The molecule has 0 amide bonds. The van der Waals surface area contributed by atoms with Crippen LogP contribution in [-0.4, -0.2) is 19.7 Å². The zero-order valence-corrected chi connectivity index (χ0v) is 7.08. The summed E-state index contributed by atoms with van der Waals surface area (Å²) in [5.74, 6) is 0.301. The van der Waals surface area contributed by atoms with E-state index in [0.29, 0.717) is 22.0 Å². The lowest BCUT2D eigenvalue weighted by molar-refractivity contribution is 0.939. The van der Waals surface area contributed by atoms with Crippen molar-refractivity contribution in [2.75, 3.05) is 5.73 Å². The topological polar surface area (TPSA) is 69.6 Å². The maximum atomic E-state index is 5.79. The SMILES string of the molecule is Cn1cnc2c(N)nnc(Cl)c21. The zero-order chi connectivity index (χ0) is 8.72. The number of nitrogen functional groups attached to an aromatic ring is 1. The van der Waals surface area contributed by atoms with Gasteiger partial charge in [-0.1, -0.05) is 11.6 Å². The van der Waals surface area contributed by atoms with Gasteiger partial charge in [0, 0.05) is 7.05 Å². The number of imidazole rings is 1. The number of anilines is 1. The molecule has 0 aromatic carbocycles. The molecule has 0 saturated heterocycles. The normalized spacial score (nSPS) is 10.8. The summed E-state index contributed by atoms with van der Waals surface area (Å²) in [5, 5.41) is 7.63. The molecule has 2 N–H and O–H groups in total. The molecule has 0 fully saturated rings. The predicted octanol–water partition coefficient (Wildman–Crippen LogP) is 0.599. The molecular weight excluding hydrogens is 178 g/mol. The van der Waals surface area contributed by atoms with E-state index in [-0.39, 0.29) is 0 Å². The third-order valence-electron chi connectivity index (χ3n) is 1.62. The van der Waals surface area contributed by atoms with Crippen LogP contribution in [0.3, 0.4) is 0 Å². The minimum absolute atomic E-state index is 0.301. The standard InChI is InChI=1S/C6H6ClN5/c1-12-2-9-3-4(12)5(7)10-11-6(3)8/h2H,1H3,(H2,8,11). The molecule has 0 aliphatic carbocycles. The minimum Gasteiger partial charge on any atom is -0.380 e. The molecule has 0 unspecified atom stereocenters. The Bertz CT molecular complexity index is 435. The second-order valence-corrected chi connectivity index (χ2v) is 2.79. The average Bonchev–Trinajstić information content (AvgIpc) is 2.42. The third kappa shape index (κ3) is 0.831. The largest absolute Gasteiger partial charge is 0.380 e. The van der Waals surface area contributed by atoms with Gasteiger partial charge in [0.1, 0.15) is 11.0 Å². The summed E-state index contributed by atoms with van der Waals surface area (Å²) in [5.41, 5.74) is 6.84. The van der Waals surface area contributed by atoms with Gasteiger partial charge in [0.2, 0.25) is 0 Å². The van der Waals surface area contributed by atoms with Crippen LogP contribution in [0, 0.1) is 0 Å². The van der Waals surface area contributed by atoms with E-state index in [1.165, 1.54) is 0 Å². The summed E-state index contributed by atoms with van der Waals surface area (Å²) in [6, 6.07) is 0. The summed E-state index contributed by atoms with van der Waals surface area (Å²) in [6.45, 7) is 0. The van der Waals surface area contributed by atoms with Crippen molar-refractivity contribution < 1.29 is 0 Å². The fraction of sp³-hybridized carbons (Fsp3) is 0.167. The van der Waals surface area contributed by atoms with Crippen LogP contribution in [0.4, 0.5) is 5.82 Å². The van der Waals surface area contributed by atoms with E-state index < -0.39 is 0 Å². The number of hydrogen-bond donors (Lipinski definition) is 1. The molecule has 0 bridgehead atoms. The van der Waals surface area contributed by atoms with E-state index >= 15 is 0 Å². The van der Waals surface area contributed by atoms with Gasteiger partial charge in [0.15, 0.2) is 11.0 Å². The number of nitrogens with two attached hydrogens (primary N) is 1. The lowest BCUT2D eigenvalue weighted by Gasteiger charge is -1.96. The van der Waals surface area contributed by atoms with E-state index in [1.54, 1.807) is 10.9 Å². The molecule has 6 heteroatoms. The molecule has 0 radical (unpaired) electrons. The van der Waals surface area contributed by atoms with Gasteiger partial charge in [-0.05, 0) is 0 Å². The number of aromatic nitrogens is 4. The third-order valence-corrected chi connectivity index (χ3v) is 1.88. The molecule has 2 aromatic rings. The quantitative estimate of drug-likeness (QED) is 0.650. The maximum absolute atomic E-state index is 5.79. The molecule has 0 aliphatic heterocycles. The highest BCUT2D eigenvalue weighted by Gasteiger charge is 2.09. The van der Waals surface area contributed by atoms with Crippen LogP contribution in [-0.2, 0) is 7.05 Å². The summed E-state index contributed by atoms with van der Waals surface area (Å²) >= 11 is 5.79. The molecule has 0 saturated carbocycles. The molecule has 12 heavy (non-hydrogen) atoms. The predicted molar refractivity (Wildman–Crippen MR) is 45.7 cm³/mol. The highest BCUT2D eigenvalue weighted by molar-refractivity contribution is 6.33. The Morgan fingerprint density at radius 1 is 1.50 bits per heavy atom. The Balaban J connectivity index is 2.98. The summed E-state index contributed by atoms with van der Waals surface area (Å²) in [7, 11) is 1.82. The highest BCUT2D eigenvalue weighted by Crippen LogP contribution is 2.21. The van der Waals surface area contributed by atoms with E-state index in [0.717, 1.165) is 0 Å². The van der Waals surface area contributed by atoms with Gasteiger partial charge < -0.3 is 10.3 Å². The summed E-state index contributed by atoms with van der Waals surface area (Å²) in [6.07, 6.45) is 1.62. The highest BCUT2D eigenvalue weighted by atomic mass is 35.5. The van der Waals surface area contributed by atoms with Crippen LogP contribution in [0.2, 0.25) is 5.15 Å². The Morgan fingerprint density at radius 2 is 2.25 bits per heavy atom. The Morgan fingerprint density at radius 3 is 2.92 bits per heavy atom. The first-order chi connectivity index (χ1) is 5.70. The van der Waals surface area contributed by atoms with Crippen molar-refractivity contribution in [1.82, 2.24) is 19.7 Å². The van der Waals surface area contributed by atoms with Crippen molar-refractivity contribution in [3.63, 3.8) is 0 Å². The van der Waals surface area contributed by atoms with Gasteiger partial charge in [0.25, 0.3) is 0 Å². The number of nitrogens with zero attached hydrogens (tertiary/aromatic N) is 4. The van der Waals surface area contributed by atoms with Gasteiger partial charge >= 0.3 is 0 Å². The molecule has 62 valence electrons. The first-order valence-electron chi connectivity index (χ1n) is 3.29. The molecule has 2 rings (SSSR count). The average molecular weight is 184 g/mol. The van der Waals surface area contributed by atoms with Gasteiger partial charge in [-0.2, -0.15) is 0 Å². The van der Waals surface area contributed by atoms with Crippen LogP contribution >= 0.6 is 11.6 Å². The van der Waals surface area contributed by atoms with Crippen molar-refractivity contribution in [2.45, 2.75) is 0 Å². The monoisotopic (exact) mass is 183 g/mol. The smallest absolute Gasteiger partial charge is 0.177 e. The van der Waals surface area contributed by atoms with Gasteiger partial charge in [0.05, 0.1) is 6.33 Å². The van der Waals surface area contributed by atoms with E-state index in [2.05, 4.69) is 15.2 Å². The fourth-order valence-corrected chi connectivity index (χ4v) is 1.31. The number of halogens is 1. The molecule has 2 aromatic heterocycles. The van der Waals surface area contributed by atoms with Gasteiger partial charge in [-0.25, -0.2) is 4.98 Å². The summed E-state index contributed by atoms with van der Waals surface area (Å²) < 4.78 is 1.75. The van der Waals surface area contributed by atoms with Crippen LogP contribution in [0.5, 0.6) is 0 Å². The van der Waals surface area contributed by atoms with Crippen LogP contribution < -0.4 is 5.73 Å². The lowest BCUT2D eigenvalue weighted by Crippen LogP contribution is -1.96. The lowest BCUT2D eigenvalue weighted by atomic mass is 10.4. The first kappa shape index (κ1) is 7.30. The van der Waals surface area contributed by atoms with E-state index in [1.807, 2.05) is 7.05 Å². The molecule has 2 heterocycles. The Kier molecular flexibility index (Phi) is 1.41. The second-order valence-electron chi connectivity index (χ2n) is 2.43.